The number of aromatic nitrogens is 1. The van der Waals surface area contributed by atoms with E-state index in [9.17, 15) is 9.18 Å². The van der Waals surface area contributed by atoms with Gasteiger partial charge in [0.05, 0.1) is 11.7 Å². The molecule has 1 aromatic heterocycles. The number of benzene rings is 1. The summed E-state index contributed by atoms with van der Waals surface area (Å²) in [5.74, 6) is 0.152. The van der Waals surface area contributed by atoms with E-state index in [4.69, 9.17) is 14.9 Å². The Hall–Kier alpha value is -2.25. The number of oxazole rings is 1. The molecular formula is C18H22FN3O3. The molecule has 1 unspecified atom stereocenters. The average molecular weight is 347 g/mol. The largest absolute Gasteiger partial charge is 0.444 e. The van der Waals surface area contributed by atoms with Crippen LogP contribution in [0.1, 0.15) is 18.5 Å². The Morgan fingerprint density at radius 1 is 1.32 bits per heavy atom. The van der Waals surface area contributed by atoms with Crippen LogP contribution in [-0.2, 0) is 16.0 Å². The van der Waals surface area contributed by atoms with Crippen molar-refractivity contribution in [2.75, 3.05) is 19.8 Å². The van der Waals surface area contributed by atoms with Gasteiger partial charge in [-0.25, -0.2) is 9.37 Å². The lowest BCUT2D eigenvalue weighted by Gasteiger charge is -2.26. The Morgan fingerprint density at radius 2 is 2.04 bits per heavy atom. The molecule has 7 heteroatoms. The van der Waals surface area contributed by atoms with Gasteiger partial charge in [0.25, 0.3) is 0 Å². The molecule has 25 heavy (non-hydrogen) atoms. The SMILES string of the molecule is NC(C(=O)NCCc1coc(-c2ccc(F)cc2)n1)C1CCOCC1. The zero-order valence-corrected chi connectivity index (χ0v) is 13.9. The molecule has 0 spiro atoms. The number of nitrogens with two attached hydrogens (primary N) is 1. The van der Waals surface area contributed by atoms with E-state index in [0.29, 0.717) is 37.6 Å². The number of nitrogens with zero attached hydrogens (tertiary/aromatic N) is 1. The Bertz CT molecular complexity index is 696. The molecule has 0 bridgehead atoms. The van der Waals surface area contributed by atoms with Gasteiger partial charge in [0, 0.05) is 31.7 Å². The highest BCUT2D eigenvalue weighted by Gasteiger charge is 2.26. The van der Waals surface area contributed by atoms with Crippen LogP contribution < -0.4 is 11.1 Å². The smallest absolute Gasteiger partial charge is 0.237 e. The van der Waals surface area contributed by atoms with E-state index in [1.165, 1.54) is 12.1 Å². The van der Waals surface area contributed by atoms with Gasteiger partial charge < -0.3 is 20.2 Å². The number of nitrogens with one attached hydrogen (secondary N) is 1. The maximum atomic E-state index is 12.9. The second kappa shape index (κ2) is 8.22. The minimum absolute atomic E-state index is 0.144. The van der Waals surface area contributed by atoms with Crippen LogP contribution in [-0.4, -0.2) is 36.7 Å². The maximum absolute atomic E-state index is 12.9. The van der Waals surface area contributed by atoms with Crippen molar-refractivity contribution in [3.63, 3.8) is 0 Å². The maximum Gasteiger partial charge on any atom is 0.237 e. The van der Waals surface area contributed by atoms with Crippen molar-refractivity contribution < 1.29 is 18.3 Å². The molecule has 1 aliphatic heterocycles. The molecule has 1 fully saturated rings. The number of ether oxygens (including phenoxy) is 1. The van der Waals surface area contributed by atoms with Crippen LogP contribution in [0.25, 0.3) is 11.5 Å². The van der Waals surface area contributed by atoms with Crippen molar-refractivity contribution in [3.8, 4) is 11.5 Å². The summed E-state index contributed by atoms with van der Waals surface area (Å²) in [6.45, 7) is 1.76. The number of carbonyl (C=O) groups is 1. The first-order chi connectivity index (χ1) is 12.1. The first kappa shape index (κ1) is 17.6. The van der Waals surface area contributed by atoms with Crippen LogP contribution >= 0.6 is 0 Å². The van der Waals surface area contributed by atoms with E-state index in [0.717, 1.165) is 18.5 Å². The zero-order chi connectivity index (χ0) is 17.6. The van der Waals surface area contributed by atoms with E-state index < -0.39 is 6.04 Å². The lowest BCUT2D eigenvalue weighted by molar-refractivity contribution is -0.124. The summed E-state index contributed by atoms with van der Waals surface area (Å²) in [5.41, 5.74) is 7.46. The third-order valence-corrected chi connectivity index (χ3v) is 4.40. The molecule has 0 aliphatic carbocycles. The second-order valence-electron chi connectivity index (χ2n) is 6.17. The highest BCUT2D eigenvalue weighted by Crippen LogP contribution is 2.19. The summed E-state index contributed by atoms with van der Waals surface area (Å²) in [7, 11) is 0. The number of halogens is 1. The highest BCUT2D eigenvalue weighted by molar-refractivity contribution is 5.81. The number of carbonyl (C=O) groups excluding carboxylic acids is 1. The van der Waals surface area contributed by atoms with Gasteiger partial charge in [-0.05, 0) is 43.0 Å². The molecule has 3 rings (SSSR count). The summed E-state index contributed by atoms with van der Waals surface area (Å²) >= 11 is 0. The van der Waals surface area contributed by atoms with Crippen LogP contribution in [0.5, 0.6) is 0 Å². The standard InChI is InChI=1S/C18H22FN3O3/c19-14-3-1-13(2-4-14)18-22-15(11-25-18)5-8-21-17(23)16(20)12-6-9-24-10-7-12/h1-4,11-12,16H,5-10,20H2,(H,21,23). The number of hydrogen-bond acceptors (Lipinski definition) is 5. The highest BCUT2D eigenvalue weighted by atomic mass is 19.1. The molecule has 3 N–H and O–H groups in total. The molecule has 1 amide bonds. The monoisotopic (exact) mass is 347 g/mol. The molecule has 0 radical (unpaired) electrons. The van der Waals surface area contributed by atoms with Gasteiger partial charge in [0.1, 0.15) is 12.1 Å². The van der Waals surface area contributed by atoms with Crippen LogP contribution in [0.15, 0.2) is 34.9 Å². The van der Waals surface area contributed by atoms with Gasteiger partial charge in [-0.3, -0.25) is 4.79 Å². The third-order valence-electron chi connectivity index (χ3n) is 4.40. The number of amides is 1. The normalized spacial score (nSPS) is 16.6. The Morgan fingerprint density at radius 3 is 2.76 bits per heavy atom. The topological polar surface area (TPSA) is 90.4 Å². The molecular weight excluding hydrogens is 325 g/mol. The minimum atomic E-state index is -0.504. The van der Waals surface area contributed by atoms with Gasteiger partial charge in [0.2, 0.25) is 11.8 Å². The van der Waals surface area contributed by atoms with E-state index in [-0.39, 0.29) is 17.6 Å². The Labute approximate surface area is 145 Å². The second-order valence-corrected chi connectivity index (χ2v) is 6.17. The molecule has 1 aromatic carbocycles. The zero-order valence-electron chi connectivity index (χ0n) is 13.9. The van der Waals surface area contributed by atoms with Crippen molar-refractivity contribution >= 4 is 5.91 Å². The van der Waals surface area contributed by atoms with E-state index in [1.54, 1.807) is 18.4 Å². The fraction of sp³-hybridized carbons (Fsp3) is 0.444. The Kier molecular flexibility index (Phi) is 5.78. The molecule has 1 aliphatic rings. The van der Waals surface area contributed by atoms with Crippen LogP contribution in [0.2, 0.25) is 0 Å². The van der Waals surface area contributed by atoms with Crippen molar-refractivity contribution in [1.82, 2.24) is 10.3 Å². The van der Waals surface area contributed by atoms with Crippen molar-refractivity contribution in [2.45, 2.75) is 25.3 Å². The van der Waals surface area contributed by atoms with Gasteiger partial charge >= 0.3 is 0 Å². The molecule has 2 aromatic rings. The van der Waals surface area contributed by atoms with Crippen LogP contribution in [0.4, 0.5) is 4.39 Å². The quantitative estimate of drug-likeness (QED) is 0.833. The molecule has 6 nitrogen and oxygen atoms in total. The molecule has 1 atom stereocenters. The van der Waals surface area contributed by atoms with Gasteiger partial charge in [-0.15, -0.1) is 0 Å². The average Bonchev–Trinajstić information content (AvgIpc) is 3.11. The predicted molar refractivity (Wildman–Crippen MR) is 90.1 cm³/mol. The van der Waals surface area contributed by atoms with E-state index in [2.05, 4.69) is 10.3 Å². The predicted octanol–water partition coefficient (Wildman–Crippen LogP) is 1.89. The van der Waals surface area contributed by atoms with E-state index in [1.807, 2.05) is 0 Å². The summed E-state index contributed by atoms with van der Waals surface area (Å²) in [6, 6.07) is 5.43. The van der Waals surface area contributed by atoms with Gasteiger partial charge in [0.15, 0.2) is 0 Å². The van der Waals surface area contributed by atoms with Crippen molar-refractivity contribution in [3.05, 3.63) is 42.0 Å². The van der Waals surface area contributed by atoms with Crippen LogP contribution in [0, 0.1) is 11.7 Å². The lowest BCUT2D eigenvalue weighted by atomic mass is 9.92. The first-order valence-electron chi connectivity index (χ1n) is 8.45. The molecule has 1 saturated heterocycles. The molecule has 134 valence electrons. The number of rotatable bonds is 6. The minimum Gasteiger partial charge on any atom is -0.444 e. The third kappa shape index (κ3) is 4.64. The van der Waals surface area contributed by atoms with Crippen LogP contribution in [0.3, 0.4) is 0 Å². The summed E-state index contributed by atoms with van der Waals surface area (Å²) < 4.78 is 23.6. The first-order valence-corrected chi connectivity index (χ1v) is 8.45. The molecule has 0 saturated carbocycles. The lowest BCUT2D eigenvalue weighted by Crippen LogP contribution is -2.47. The fourth-order valence-electron chi connectivity index (χ4n) is 2.87. The van der Waals surface area contributed by atoms with E-state index >= 15 is 0 Å². The Balaban J connectivity index is 1.47. The molecule has 2 heterocycles. The summed E-state index contributed by atoms with van der Waals surface area (Å²) in [5, 5.41) is 2.85. The van der Waals surface area contributed by atoms with Gasteiger partial charge in [-0.1, -0.05) is 0 Å². The summed E-state index contributed by atoms with van der Waals surface area (Å²) in [4.78, 5) is 16.5. The van der Waals surface area contributed by atoms with Gasteiger partial charge in [-0.2, -0.15) is 0 Å². The fourth-order valence-corrected chi connectivity index (χ4v) is 2.87. The number of hydrogen-bond donors (Lipinski definition) is 2. The van der Waals surface area contributed by atoms with Crippen molar-refractivity contribution in [1.29, 1.82) is 0 Å². The van der Waals surface area contributed by atoms with Crippen molar-refractivity contribution in [2.24, 2.45) is 11.7 Å². The summed E-state index contributed by atoms with van der Waals surface area (Å²) in [6.07, 6.45) is 3.72.